The van der Waals surface area contributed by atoms with Crippen LogP contribution in [0.15, 0.2) is 23.2 Å². The first-order chi connectivity index (χ1) is 13.1. The minimum absolute atomic E-state index is 0. The molecule has 0 aliphatic carbocycles. The van der Waals surface area contributed by atoms with E-state index in [0.29, 0.717) is 6.54 Å². The van der Waals surface area contributed by atoms with E-state index in [1.165, 1.54) is 38.1 Å². The summed E-state index contributed by atoms with van der Waals surface area (Å²) in [6.45, 7) is 10.1. The van der Waals surface area contributed by atoms with Crippen LogP contribution < -0.4 is 15.4 Å². The van der Waals surface area contributed by atoms with Crippen molar-refractivity contribution in [1.82, 2.24) is 15.5 Å². The van der Waals surface area contributed by atoms with Gasteiger partial charge >= 0.3 is 0 Å². The van der Waals surface area contributed by atoms with Crippen LogP contribution in [0.2, 0.25) is 0 Å². The molecule has 0 aromatic heterocycles. The molecule has 1 heterocycles. The van der Waals surface area contributed by atoms with Crippen LogP contribution in [0.3, 0.4) is 0 Å². The molecule has 1 aromatic carbocycles. The zero-order valence-corrected chi connectivity index (χ0v) is 19.2. The topological polar surface area (TPSA) is 48.9 Å². The van der Waals surface area contributed by atoms with Gasteiger partial charge in [-0.25, -0.2) is 8.78 Å². The molecule has 2 N–H and O–H groups in total. The van der Waals surface area contributed by atoms with Gasteiger partial charge in [0.15, 0.2) is 17.5 Å². The second-order valence-electron chi connectivity index (χ2n) is 6.78. The van der Waals surface area contributed by atoms with Crippen molar-refractivity contribution < 1.29 is 13.5 Å². The highest BCUT2D eigenvalue weighted by molar-refractivity contribution is 14.0. The number of hydrogen-bond acceptors (Lipinski definition) is 3. The number of ether oxygens (including phenoxy) is 1. The Morgan fingerprint density at radius 1 is 1.21 bits per heavy atom. The summed E-state index contributed by atoms with van der Waals surface area (Å²) in [5.41, 5.74) is 0. The van der Waals surface area contributed by atoms with Crippen molar-refractivity contribution in [3.05, 3.63) is 29.8 Å². The largest absolute Gasteiger partial charge is 0.489 e. The number of rotatable bonds is 9. The molecule has 160 valence electrons. The van der Waals surface area contributed by atoms with E-state index in [4.69, 9.17) is 4.74 Å². The standard InChI is InChI=1S/C20H32F2N4O.HI/c1-3-23-20(24-10-7-16-8-12-26(4-2)13-9-16)25-11-14-27-19-6-5-17(21)15-18(19)22;/h5-6,15-16H,3-4,7-14H2,1-2H3,(H2,23,24,25);1H. The van der Waals surface area contributed by atoms with Gasteiger partial charge in [0.25, 0.3) is 0 Å². The fourth-order valence-corrected chi connectivity index (χ4v) is 3.21. The zero-order chi connectivity index (χ0) is 19.5. The second-order valence-corrected chi connectivity index (χ2v) is 6.78. The van der Waals surface area contributed by atoms with Crippen LogP contribution in [0, 0.1) is 17.6 Å². The van der Waals surface area contributed by atoms with Gasteiger partial charge in [-0.05, 0) is 63.9 Å². The first-order valence-corrected chi connectivity index (χ1v) is 9.94. The van der Waals surface area contributed by atoms with E-state index >= 15 is 0 Å². The van der Waals surface area contributed by atoms with E-state index in [0.717, 1.165) is 44.0 Å². The zero-order valence-electron chi connectivity index (χ0n) is 16.8. The van der Waals surface area contributed by atoms with Crippen LogP contribution in [0.1, 0.15) is 33.1 Å². The third-order valence-corrected chi connectivity index (χ3v) is 4.85. The number of likely N-dealkylation sites (tertiary alicyclic amines) is 1. The Balaban J connectivity index is 0.00000392. The molecular formula is C20H33F2IN4O. The van der Waals surface area contributed by atoms with Gasteiger partial charge in [0.1, 0.15) is 12.4 Å². The Hall–Kier alpha value is -1.16. The maximum Gasteiger partial charge on any atom is 0.191 e. The van der Waals surface area contributed by atoms with E-state index in [-0.39, 0.29) is 36.3 Å². The van der Waals surface area contributed by atoms with Gasteiger partial charge in [-0.2, -0.15) is 0 Å². The molecule has 0 amide bonds. The number of hydrogen-bond donors (Lipinski definition) is 2. The lowest BCUT2D eigenvalue weighted by atomic mass is 9.94. The first-order valence-electron chi connectivity index (χ1n) is 9.94. The van der Waals surface area contributed by atoms with Gasteiger partial charge < -0.3 is 20.3 Å². The van der Waals surface area contributed by atoms with E-state index in [1.807, 2.05) is 6.92 Å². The van der Waals surface area contributed by atoms with Crippen LogP contribution >= 0.6 is 24.0 Å². The number of piperidine rings is 1. The van der Waals surface area contributed by atoms with Crippen LogP contribution in [0.4, 0.5) is 8.78 Å². The Labute approximate surface area is 184 Å². The smallest absolute Gasteiger partial charge is 0.191 e. The van der Waals surface area contributed by atoms with E-state index in [2.05, 4.69) is 27.4 Å². The second kappa shape index (κ2) is 13.9. The van der Waals surface area contributed by atoms with Crippen LogP contribution in [0.25, 0.3) is 0 Å². The molecule has 1 aromatic rings. The maximum atomic E-state index is 13.5. The van der Waals surface area contributed by atoms with Crippen molar-refractivity contribution in [2.24, 2.45) is 10.9 Å². The average Bonchev–Trinajstić information content (AvgIpc) is 2.67. The summed E-state index contributed by atoms with van der Waals surface area (Å²) >= 11 is 0. The van der Waals surface area contributed by atoms with Crippen LogP contribution in [0.5, 0.6) is 5.75 Å². The third-order valence-electron chi connectivity index (χ3n) is 4.85. The molecule has 1 aliphatic rings. The molecule has 2 rings (SSSR count). The third kappa shape index (κ3) is 8.89. The van der Waals surface area contributed by atoms with E-state index < -0.39 is 11.6 Å². The molecule has 1 aliphatic heterocycles. The number of halogens is 3. The minimum Gasteiger partial charge on any atom is -0.489 e. The molecule has 0 saturated carbocycles. The van der Waals surface area contributed by atoms with Crippen LogP contribution in [-0.2, 0) is 0 Å². The Morgan fingerprint density at radius 2 is 1.96 bits per heavy atom. The van der Waals surface area contributed by atoms with E-state index in [1.54, 1.807) is 0 Å². The average molecular weight is 510 g/mol. The van der Waals surface area contributed by atoms with Gasteiger partial charge in [-0.1, -0.05) is 6.92 Å². The molecule has 1 saturated heterocycles. The predicted octanol–water partition coefficient (Wildman–Crippen LogP) is 3.64. The number of nitrogens with zero attached hydrogens (tertiary/aromatic N) is 2. The number of guanidine groups is 1. The SMILES string of the molecule is CCNC(=NCCC1CCN(CC)CC1)NCCOc1ccc(F)cc1F.I. The highest BCUT2D eigenvalue weighted by atomic mass is 127. The van der Waals surface area contributed by atoms with Crippen LogP contribution in [-0.4, -0.2) is 56.7 Å². The Morgan fingerprint density at radius 3 is 2.61 bits per heavy atom. The van der Waals surface area contributed by atoms with E-state index in [9.17, 15) is 8.78 Å². The molecule has 0 unspecified atom stereocenters. The summed E-state index contributed by atoms with van der Waals surface area (Å²) in [6.07, 6.45) is 3.61. The quantitative estimate of drug-likeness (QED) is 0.231. The normalized spacial score (nSPS) is 15.8. The van der Waals surface area contributed by atoms with Crippen molar-refractivity contribution in [1.29, 1.82) is 0 Å². The molecule has 0 spiro atoms. The number of nitrogens with one attached hydrogen (secondary N) is 2. The summed E-state index contributed by atoms with van der Waals surface area (Å²) in [5.74, 6) is 0.249. The maximum absolute atomic E-state index is 13.5. The fourth-order valence-electron chi connectivity index (χ4n) is 3.21. The number of aliphatic imine (C=N–C) groups is 1. The van der Waals surface area contributed by atoms with Gasteiger partial charge in [-0.15, -0.1) is 24.0 Å². The fraction of sp³-hybridized carbons (Fsp3) is 0.650. The number of benzene rings is 1. The molecule has 28 heavy (non-hydrogen) atoms. The molecule has 1 fully saturated rings. The monoisotopic (exact) mass is 510 g/mol. The van der Waals surface area contributed by atoms with Gasteiger partial charge in [0.05, 0.1) is 6.54 Å². The van der Waals surface area contributed by atoms with Crippen molar-refractivity contribution in [3.8, 4) is 5.75 Å². The summed E-state index contributed by atoms with van der Waals surface area (Å²) < 4.78 is 31.8. The highest BCUT2D eigenvalue weighted by Crippen LogP contribution is 2.20. The molecule has 0 bridgehead atoms. The summed E-state index contributed by atoms with van der Waals surface area (Å²) in [4.78, 5) is 7.12. The van der Waals surface area contributed by atoms with Crippen molar-refractivity contribution >= 4 is 29.9 Å². The van der Waals surface area contributed by atoms with Crippen molar-refractivity contribution in [2.45, 2.75) is 33.1 Å². The van der Waals surface area contributed by atoms with Crippen molar-refractivity contribution in [3.63, 3.8) is 0 Å². The molecule has 8 heteroatoms. The van der Waals surface area contributed by atoms with Gasteiger partial charge in [0.2, 0.25) is 0 Å². The van der Waals surface area contributed by atoms with Gasteiger partial charge in [0, 0.05) is 19.2 Å². The lowest BCUT2D eigenvalue weighted by molar-refractivity contribution is 0.188. The summed E-state index contributed by atoms with van der Waals surface area (Å²) in [5, 5.41) is 6.39. The lowest BCUT2D eigenvalue weighted by Crippen LogP contribution is -2.39. The lowest BCUT2D eigenvalue weighted by Gasteiger charge is -2.30. The molecule has 0 radical (unpaired) electrons. The summed E-state index contributed by atoms with van der Waals surface area (Å²) in [6, 6.07) is 3.30. The van der Waals surface area contributed by atoms with Gasteiger partial charge in [-0.3, -0.25) is 4.99 Å². The Kier molecular flexibility index (Phi) is 12.4. The first kappa shape index (κ1) is 24.9. The molecule has 5 nitrogen and oxygen atoms in total. The highest BCUT2D eigenvalue weighted by Gasteiger charge is 2.17. The minimum atomic E-state index is -0.690. The molecule has 0 atom stereocenters. The predicted molar refractivity (Wildman–Crippen MR) is 121 cm³/mol. The molecular weight excluding hydrogens is 477 g/mol. The van der Waals surface area contributed by atoms with Crippen molar-refractivity contribution in [2.75, 3.05) is 45.9 Å². The Bertz CT molecular complexity index is 596. The summed E-state index contributed by atoms with van der Waals surface area (Å²) in [7, 11) is 0.